The number of hydrogen-bond donors (Lipinski definition) is 2. The first-order valence-electron chi connectivity index (χ1n) is 10.00. The lowest BCUT2D eigenvalue weighted by molar-refractivity contribution is 0.104. The van der Waals surface area contributed by atoms with E-state index in [9.17, 15) is 13.2 Å². The summed E-state index contributed by atoms with van der Waals surface area (Å²) < 4.78 is 29.9. The number of hydrogen-bond acceptors (Lipinski definition) is 7. The van der Waals surface area contributed by atoms with Crippen molar-refractivity contribution in [3.63, 3.8) is 0 Å². The Morgan fingerprint density at radius 1 is 1.15 bits per heavy atom. The van der Waals surface area contributed by atoms with Crippen molar-refractivity contribution in [3.8, 4) is 6.07 Å². The maximum atomic E-state index is 13.4. The zero-order valence-electron chi connectivity index (χ0n) is 17.9. The number of anilines is 2. The number of nitrogens with two attached hydrogens (primary N) is 1. The average Bonchev–Trinajstić information content (AvgIpc) is 3.20. The van der Waals surface area contributed by atoms with Crippen molar-refractivity contribution in [3.05, 3.63) is 77.7 Å². The first-order valence-corrected chi connectivity index (χ1v) is 11.5. The first-order chi connectivity index (χ1) is 15.7. The maximum Gasteiger partial charge on any atom is 0.261 e. The Bertz CT molecular complexity index is 1530. The van der Waals surface area contributed by atoms with Crippen molar-refractivity contribution in [1.29, 1.82) is 5.26 Å². The largest absolute Gasteiger partial charge is 0.383 e. The summed E-state index contributed by atoms with van der Waals surface area (Å²) in [5.74, 6) is -0.148. The van der Waals surface area contributed by atoms with E-state index in [1.165, 1.54) is 42.7 Å². The van der Waals surface area contributed by atoms with E-state index in [2.05, 4.69) is 14.7 Å². The number of nitrogens with one attached hydrogen (secondary N) is 1. The minimum atomic E-state index is -3.96. The summed E-state index contributed by atoms with van der Waals surface area (Å²) in [4.78, 5) is 21.6. The van der Waals surface area contributed by atoms with Gasteiger partial charge in [0.05, 0.1) is 27.5 Å². The van der Waals surface area contributed by atoms with E-state index < -0.39 is 10.0 Å². The van der Waals surface area contributed by atoms with Gasteiger partial charge in [0.1, 0.15) is 17.8 Å². The Kier molecular flexibility index (Phi) is 5.57. The number of benzene rings is 2. The number of nitrogens with zero attached hydrogens (tertiary/aromatic N) is 4. The molecule has 166 valence electrons. The Morgan fingerprint density at radius 3 is 2.64 bits per heavy atom. The van der Waals surface area contributed by atoms with Crippen LogP contribution < -0.4 is 10.5 Å². The zero-order valence-corrected chi connectivity index (χ0v) is 18.7. The minimum Gasteiger partial charge on any atom is -0.383 e. The van der Waals surface area contributed by atoms with Crippen molar-refractivity contribution in [2.24, 2.45) is 0 Å². The fourth-order valence-corrected chi connectivity index (χ4v) is 4.60. The van der Waals surface area contributed by atoms with Gasteiger partial charge in [-0.3, -0.25) is 9.52 Å². The van der Waals surface area contributed by atoms with E-state index in [1.54, 1.807) is 18.3 Å². The summed E-state index contributed by atoms with van der Waals surface area (Å²) >= 11 is 0. The Hall–Kier alpha value is -4.23. The molecule has 0 saturated carbocycles. The molecule has 4 rings (SSSR count). The highest BCUT2D eigenvalue weighted by Crippen LogP contribution is 2.29. The van der Waals surface area contributed by atoms with Gasteiger partial charge in [-0.1, -0.05) is 18.2 Å². The molecule has 2 aromatic heterocycles. The molecule has 0 saturated heterocycles. The second-order valence-corrected chi connectivity index (χ2v) is 9.34. The first kappa shape index (κ1) is 22.0. The van der Waals surface area contributed by atoms with Gasteiger partial charge in [0.15, 0.2) is 5.78 Å². The number of ketones is 1. The third-order valence-corrected chi connectivity index (χ3v) is 6.47. The summed E-state index contributed by atoms with van der Waals surface area (Å²) in [5.41, 5.74) is 7.64. The Balaban J connectivity index is 1.72. The summed E-state index contributed by atoms with van der Waals surface area (Å²) in [6.45, 7) is 3.92. The number of aromatic nitrogens is 3. The van der Waals surface area contributed by atoms with Gasteiger partial charge in [-0.15, -0.1) is 0 Å². The van der Waals surface area contributed by atoms with E-state index in [-0.39, 0.29) is 39.4 Å². The van der Waals surface area contributed by atoms with Crippen LogP contribution in [0.2, 0.25) is 0 Å². The molecule has 0 aliphatic rings. The lowest BCUT2D eigenvalue weighted by Crippen LogP contribution is -2.13. The van der Waals surface area contributed by atoms with Gasteiger partial charge < -0.3 is 10.3 Å². The molecule has 0 bridgehead atoms. The molecule has 2 aromatic carbocycles. The van der Waals surface area contributed by atoms with Gasteiger partial charge in [0.2, 0.25) is 0 Å². The van der Waals surface area contributed by atoms with Crippen LogP contribution in [0.15, 0.2) is 66.0 Å². The molecule has 2 heterocycles. The van der Waals surface area contributed by atoms with Crippen molar-refractivity contribution < 1.29 is 13.2 Å². The predicted molar refractivity (Wildman–Crippen MR) is 124 cm³/mol. The number of nitriles is 1. The van der Waals surface area contributed by atoms with Crippen LogP contribution in [-0.2, 0) is 10.0 Å². The number of fused-ring (bicyclic) bond motifs is 1. The zero-order chi connectivity index (χ0) is 23.8. The third-order valence-electron chi connectivity index (χ3n) is 5.09. The molecule has 0 fully saturated rings. The molecule has 3 N–H and O–H groups in total. The molecule has 0 aliphatic heterocycles. The second-order valence-electron chi connectivity index (χ2n) is 7.66. The van der Waals surface area contributed by atoms with Gasteiger partial charge in [-0.05, 0) is 44.2 Å². The van der Waals surface area contributed by atoms with E-state index in [0.717, 1.165) is 0 Å². The number of nitrogen functional groups attached to an aromatic ring is 1. The van der Waals surface area contributed by atoms with Crippen molar-refractivity contribution in [1.82, 2.24) is 14.5 Å². The van der Waals surface area contributed by atoms with E-state index >= 15 is 0 Å². The number of sulfonamides is 1. The molecule has 0 radical (unpaired) electrons. The van der Waals surface area contributed by atoms with E-state index in [1.807, 2.05) is 24.5 Å². The monoisotopic (exact) mass is 460 g/mol. The molecular formula is C23H20N6O3S. The molecular weight excluding hydrogens is 440 g/mol. The van der Waals surface area contributed by atoms with Crippen LogP contribution >= 0.6 is 0 Å². The van der Waals surface area contributed by atoms with Crippen LogP contribution in [0, 0.1) is 11.3 Å². The van der Waals surface area contributed by atoms with Gasteiger partial charge in [-0.2, -0.15) is 5.26 Å². The lowest BCUT2D eigenvalue weighted by atomic mass is 10.0. The Labute approximate surface area is 190 Å². The molecule has 4 aromatic rings. The van der Waals surface area contributed by atoms with Crippen LogP contribution in [0.3, 0.4) is 0 Å². The Morgan fingerprint density at radius 2 is 1.91 bits per heavy atom. The number of rotatable bonds is 6. The molecule has 0 unspecified atom stereocenters. The third kappa shape index (κ3) is 4.14. The quantitative estimate of drug-likeness (QED) is 0.419. The van der Waals surface area contributed by atoms with E-state index in [0.29, 0.717) is 16.6 Å². The topological polar surface area (TPSA) is 144 Å². The SMILES string of the molecule is CC(C)n1cc(C(=O)c2cccc(NS(=O)(=O)c3cccc(C#N)c3)c2)c2c(N)ncnc21. The van der Waals surface area contributed by atoms with Gasteiger partial charge in [-0.25, -0.2) is 18.4 Å². The molecule has 0 amide bonds. The number of carbonyl (C=O) groups excluding carboxylic acids is 1. The van der Waals surface area contributed by atoms with Crippen molar-refractivity contribution in [2.75, 3.05) is 10.5 Å². The summed E-state index contributed by atoms with van der Waals surface area (Å²) in [6.07, 6.45) is 3.04. The molecule has 10 heteroatoms. The van der Waals surface area contributed by atoms with Crippen LogP contribution in [0.1, 0.15) is 41.4 Å². The average molecular weight is 461 g/mol. The van der Waals surface area contributed by atoms with Gasteiger partial charge in [0, 0.05) is 23.5 Å². The van der Waals surface area contributed by atoms with Gasteiger partial charge >= 0.3 is 0 Å². The predicted octanol–water partition coefficient (Wildman–Crippen LogP) is 3.50. The standard InChI is InChI=1S/C23H20N6O3S/c1-14(2)29-12-19(20-22(25)26-13-27-23(20)29)21(30)16-6-4-7-17(10-16)28-33(31,32)18-8-3-5-15(9-18)11-24/h3-10,12-14,28H,1-2H3,(H2,25,26,27). The lowest BCUT2D eigenvalue weighted by Gasteiger charge is -2.09. The van der Waals surface area contributed by atoms with Crippen LogP contribution in [-0.4, -0.2) is 28.7 Å². The highest BCUT2D eigenvalue weighted by atomic mass is 32.2. The van der Waals surface area contributed by atoms with Crippen LogP contribution in [0.5, 0.6) is 0 Å². The van der Waals surface area contributed by atoms with Crippen molar-refractivity contribution in [2.45, 2.75) is 24.8 Å². The molecule has 0 aliphatic carbocycles. The van der Waals surface area contributed by atoms with E-state index in [4.69, 9.17) is 11.0 Å². The fraction of sp³-hybridized carbons (Fsp3) is 0.130. The minimum absolute atomic E-state index is 0.0330. The summed E-state index contributed by atoms with van der Waals surface area (Å²) in [5, 5.41) is 9.49. The van der Waals surface area contributed by atoms with Crippen LogP contribution in [0.4, 0.5) is 11.5 Å². The summed E-state index contributed by atoms with van der Waals surface area (Å²) in [7, 11) is -3.96. The molecule has 0 spiro atoms. The maximum absolute atomic E-state index is 13.4. The van der Waals surface area contributed by atoms with Crippen LogP contribution in [0.25, 0.3) is 11.0 Å². The molecule has 9 nitrogen and oxygen atoms in total. The smallest absolute Gasteiger partial charge is 0.261 e. The fourth-order valence-electron chi connectivity index (χ4n) is 3.50. The highest BCUT2D eigenvalue weighted by Gasteiger charge is 2.22. The van der Waals surface area contributed by atoms with Crippen molar-refractivity contribution >= 4 is 38.3 Å². The molecule has 0 atom stereocenters. The van der Waals surface area contributed by atoms with Gasteiger partial charge in [0.25, 0.3) is 10.0 Å². The molecule has 33 heavy (non-hydrogen) atoms. The number of carbonyl (C=O) groups is 1. The highest BCUT2D eigenvalue weighted by molar-refractivity contribution is 7.92. The second kappa shape index (κ2) is 8.37. The summed E-state index contributed by atoms with van der Waals surface area (Å²) in [6, 6.07) is 13.8. The normalized spacial score (nSPS) is 11.5.